The minimum Gasteiger partial charge on any atom is -0.490 e. The molecule has 3 aromatic rings. The van der Waals surface area contributed by atoms with Crippen molar-refractivity contribution in [1.82, 2.24) is 4.90 Å². The van der Waals surface area contributed by atoms with Crippen LogP contribution >= 0.6 is 0 Å². The van der Waals surface area contributed by atoms with Gasteiger partial charge in [-0.1, -0.05) is 6.07 Å². The van der Waals surface area contributed by atoms with Crippen molar-refractivity contribution in [3.8, 4) is 11.5 Å². The number of carbonyl (C=O) groups is 3. The van der Waals surface area contributed by atoms with E-state index in [-0.39, 0.29) is 28.2 Å². The Morgan fingerprint density at radius 2 is 1.76 bits per heavy atom. The van der Waals surface area contributed by atoms with Crippen LogP contribution in [0.15, 0.2) is 59.5 Å². The number of hydrogen-bond acceptors (Lipinski definition) is 8. The summed E-state index contributed by atoms with van der Waals surface area (Å²) >= 11 is 0. The molecule has 3 aromatic carbocycles. The minimum atomic E-state index is -3.71. The zero-order valence-electron chi connectivity index (χ0n) is 26.4. The number of rotatable bonds is 12. The van der Waals surface area contributed by atoms with E-state index in [1.807, 2.05) is 20.8 Å². The molecule has 0 spiro atoms. The number of anilines is 2. The number of nitrogens with one attached hydrogen (secondary N) is 2. The lowest BCUT2D eigenvalue weighted by Gasteiger charge is -2.31. The second-order valence-electron chi connectivity index (χ2n) is 11.3. The zero-order valence-corrected chi connectivity index (χ0v) is 27.2. The van der Waals surface area contributed by atoms with Gasteiger partial charge in [0, 0.05) is 31.1 Å². The number of hydrogen-bond donors (Lipinski definition) is 3. The van der Waals surface area contributed by atoms with E-state index in [0.29, 0.717) is 54.3 Å². The maximum Gasteiger partial charge on any atom is 0.251 e. The van der Waals surface area contributed by atoms with Crippen LogP contribution < -0.4 is 25.8 Å². The molecule has 1 fully saturated rings. The fraction of sp³-hybridized carbons (Fsp3) is 0.364. The second kappa shape index (κ2) is 14.2. The van der Waals surface area contributed by atoms with Crippen molar-refractivity contribution in [3.63, 3.8) is 0 Å². The van der Waals surface area contributed by atoms with E-state index in [9.17, 15) is 27.2 Å². The van der Waals surface area contributed by atoms with Gasteiger partial charge in [-0.05, 0) is 93.3 Å². The maximum absolute atomic E-state index is 14.6. The van der Waals surface area contributed by atoms with Gasteiger partial charge in [-0.15, -0.1) is 0 Å². The number of carbonyl (C=O) groups excluding carboxylic acids is 3. The van der Waals surface area contributed by atoms with Crippen LogP contribution in [-0.4, -0.2) is 56.6 Å². The lowest BCUT2D eigenvalue weighted by molar-refractivity contribution is -0.133. The first-order valence-corrected chi connectivity index (χ1v) is 16.8. The predicted octanol–water partition coefficient (Wildman–Crippen LogP) is 4.99. The molecule has 0 bridgehead atoms. The number of amides is 3. The maximum atomic E-state index is 14.6. The summed E-state index contributed by atoms with van der Waals surface area (Å²) in [4.78, 5) is 39.9. The predicted molar refractivity (Wildman–Crippen MR) is 172 cm³/mol. The lowest BCUT2D eigenvalue weighted by atomic mass is 10.00. The van der Waals surface area contributed by atoms with Gasteiger partial charge >= 0.3 is 0 Å². The molecule has 1 heterocycles. The van der Waals surface area contributed by atoms with Gasteiger partial charge in [0.15, 0.2) is 21.3 Å². The van der Waals surface area contributed by atoms with E-state index in [1.54, 1.807) is 29.2 Å². The molecule has 1 aliphatic heterocycles. The SMILES string of the molecule is CCOc1cc([C@@H](Nc2ccc(F)c(C(N)=O)c2)C(=O)N2CCC[C@@H]2c2cc(NC(C)=O)ccc2S(C)(=O)=O)ccc1OC(C)C. The average Bonchev–Trinajstić information content (AvgIpc) is 3.46. The van der Waals surface area contributed by atoms with Crippen molar-refractivity contribution in [2.24, 2.45) is 5.73 Å². The fourth-order valence-electron chi connectivity index (χ4n) is 5.53. The normalized spacial score (nSPS) is 15.4. The van der Waals surface area contributed by atoms with Crippen LogP contribution in [-0.2, 0) is 19.4 Å². The first-order valence-electron chi connectivity index (χ1n) is 14.9. The Balaban J connectivity index is 1.83. The van der Waals surface area contributed by atoms with Gasteiger partial charge < -0.3 is 30.7 Å². The zero-order chi connectivity index (χ0) is 33.8. The molecule has 4 N–H and O–H groups in total. The molecule has 0 aliphatic carbocycles. The van der Waals surface area contributed by atoms with Gasteiger partial charge in [0.25, 0.3) is 5.91 Å². The number of primary amides is 1. The summed E-state index contributed by atoms with van der Waals surface area (Å²) in [5, 5.41) is 5.83. The summed E-state index contributed by atoms with van der Waals surface area (Å²) in [5.41, 5.74) is 6.55. The molecule has 1 saturated heterocycles. The Kier molecular flexibility index (Phi) is 10.6. The van der Waals surface area contributed by atoms with E-state index >= 15 is 0 Å². The molecule has 11 nitrogen and oxygen atoms in total. The molecular weight excluding hydrogens is 615 g/mol. The molecule has 0 unspecified atom stereocenters. The molecule has 2 atom stereocenters. The average molecular weight is 655 g/mol. The Morgan fingerprint density at radius 3 is 2.39 bits per heavy atom. The van der Waals surface area contributed by atoms with E-state index in [1.165, 1.54) is 31.2 Å². The quantitative estimate of drug-likeness (QED) is 0.247. The van der Waals surface area contributed by atoms with Crippen LogP contribution in [0.4, 0.5) is 15.8 Å². The second-order valence-corrected chi connectivity index (χ2v) is 13.3. The highest BCUT2D eigenvalue weighted by Gasteiger charge is 2.37. The Labute approximate surface area is 268 Å². The smallest absolute Gasteiger partial charge is 0.251 e. The van der Waals surface area contributed by atoms with Crippen LogP contribution in [0.25, 0.3) is 0 Å². The molecule has 4 rings (SSSR count). The Bertz CT molecular complexity index is 1750. The molecule has 1 aliphatic rings. The standard InChI is InChI=1S/C33H39FN4O7S/c1-6-44-29-16-21(9-13-28(29)45-19(2)3)31(37-23-10-12-26(34)24(17-23)32(35)40)33(41)38-15-7-8-27(38)25-18-22(36-20(4)39)11-14-30(25)46(5,42)43/h9-14,16-19,27,31,37H,6-8,15H2,1-5H3,(H2,35,40)(H,36,39)/t27-,31-/m1/s1. The minimum absolute atomic E-state index is 0.0502. The number of sulfone groups is 1. The molecule has 13 heteroatoms. The summed E-state index contributed by atoms with van der Waals surface area (Å²) < 4.78 is 51.8. The van der Waals surface area contributed by atoms with Crippen molar-refractivity contribution in [1.29, 1.82) is 0 Å². The van der Waals surface area contributed by atoms with E-state index in [0.717, 1.165) is 12.3 Å². The van der Waals surface area contributed by atoms with E-state index in [4.69, 9.17) is 15.2 Å². The third-order valence-corrected chi connectivity index (χ3v) is 8.55. The van der Waals surface area contributed by atoms with Crippen molar-refractivity contribution < 1.29 is 36.7 Å². The van der Waals surface area contributed by atoms with Gasteiger partial charge in [-0.3, -0.25) is 14.4 Å². The van der Waals surface area contributed by atoms with Crippen LogP contribution in [0.5, 0.6) is 11.5 Å². The summed E-state index contributed by atoms with van der Waals surface area (Å²) in [6.45, 7) is 7.57. The van der Waals surface area contributed by atoms with Crippen molar-refractivity contribution in [2.45, 2.75) is 63.6 Å². The number of likely N-dealkylation sites (tertiary alicyclic amines) is 1. The fourth-order valence-corrected chi connectivity index (χ4v) is 6.47. The largest absolute Gasteiger partial charge is 0.490 e. The number of nitrogens with zero attached hydrogens (tertiary/aromatic N) is 1. The Morgan fingerprint density at radius 1 is 1.04 bits per heavy atom. The highest BCUT2D eigenvalue weighted by atomic mass is 32.2. The highest BCUT2D eigenvalue weighted by Crippen LogP contribution is 2.40. The lowest BCUT2D eigenvalue weighted by Crippen LogP contribution is -2.38. The van der Waals surface area contributed by atoms with Gasteiger partial charge in [0.05, 0.1) is 29.2 Å². The van der Waals surface area contributed by atoms with Crippen molar-refractivity contribution in [3.05, 3.63) is 77.1 Å². The van der Waals surface area contributed by atoms with Crippen molar-refractivity contribution in [2.75, 3.05) is 30.0 Å². The van der Waals surface area contributed by atoms with Crippen LogP contribution in [0.3, 0.4) is 0 Å². The topological polar surface area (TPSA) is 157 Å². The molecule has 0 saturated carbocycles. The van der Waals surface area contributed by atoms with Gasteiger partial charge in [-0.25, -0.2) is 12.8 Å². The van der Waals surface area contributed by atoms with Gasteiger partial charge in [0.2, 0.25) is 11.8 Å². The van der Waals surface area contributed by atoms with Crippen LogP contribution in [0, 0.1) is 5.82 Å². The van der Waals surface area contributed by atoms with Crippen LogP contribution in [0.1, 0.15) is 74.1 Å². The molecule has 246 valence electrons. The van der Waals surface area contributed by atoms with Crippen molar-refractivity contribution >= 4 is 38.9 Å². The summed E-state index contributed by atoms with van der Waals surface area (Å²) in [6.07, 6.45) is 2.01. The number of nitrogens with two attached hydrogens (primary N) is 1. The monoisotopic (exact) mass is 654 g/mol. The third-order valence-electron chi connectivity index (χ3n) is 7.38. The third kappa shape index (κ3) is 7.94. The highest BCUT2D eigenvalue weighted by molar-refractivity contribution is 7.90. The number of halogens is 1. The first kappa shape index (κ1) is 34.2. The molecular formula is C33H39FN4O7S. The molecule has 0 aromatic heterocycles. The molecule has 0 radical (unpaired) electrons. The van der Waals surface area contributed by atoms with E-state index < -0.39 is 39.6 Å². The Hall–Kier alpha value is -4.65. The number of ether oxygens (including phenoxy) is 2. The van der Waals surface area contributed by atoms with Gasteiger partial charge in [-0.2, -0.15) is 0 Å². The summed E-state index contributed by atoms with van der Waals surface area (Å²) in [6, 6.07) is 11.6. The summed E-state index contributed by atoms with van der Waals surface area (Å²) in [7, 11) is -3.71. The molecule has 46 heavy (non-hydrogen) atoms. The molecule has 3 amide bonds. The van der Waals surface area contributed by atoms with E-state index in [2.05, 4.69) is 10.6 Å². The van der Waals surface area contributed by atoms with Crippen LogP contribution in [0.2, 0.25) is 0 Å². The first-order chi connectivity index (χ1) is 21.7. The number of benzene rings is 3. The van der Waals surface area contributed by atoms with Gasteiger partial charge in [0.1, 0.15) is 11.9 Å². The summed E-state index contributed by atoms with van der Waals surface area (Å²) in [5.74, 6) is -1.61.